The predicted octanol–water partition coefficient (Wildman–Crippen LogP) is 5.99. The summed E-state index contributed by atoms with van der Waals surface area (Å²) in [6, 6.07) is 17.6. The van der Waals surface area contributed by atoms with Crippen LogP contribution in [0.5, 0.6) is 0 Å². The van der Waals surface area contributed by atoms with Crippen molar-refractivity contribution in [1.82, 2.24) is 0 Å². The van der Waals surface area contributed by atoms with Crippen LogP contribution in [0.25, 0.3) is 12.2 Å². The molecule has 0 radical (unpaired) electrons. The Hall–Kier alpha value is -1.05. The van der Waals surface area contributed by atoms with E-state index in [1.54, 1.807) is 0 Å². The van der Waals surface area contributed by atoms with Crippen molar-refractivity contribution >= 4 is 24.5 Å². The number of halogens is 1. The summed E-state index contributed by atoms with van der Waals surface area (Å²) in [5.41, 5.74) is 5.65. The normalized spacial score (nSPS) is 23.0. The Morgan fingerprint density at radius 1 is 0.870 bits per heavy atom. The first-order chi connectivity index (χ1) is 11.3. The summed E-state index contributed by atoms with van der Waals surface area (Å²) in [6.45, 7) is 2.16. The molecule has 2 aromatic rings. The first-order valence-electron chi connectivity index (χ1n) is 8.15. The quantitative estimate of drug-likeness (QED) is 0.469. The molecule has 2 aliphatic rings. The van der Waals surface area contributed by atoms with E-state index in [2.05, 4.69) is 83.5 Å². The summed E-state index contributed by atoms with van der Waals surface area (Å²) in [4.78, 5) is 0. The monoisotopic (exact) mass is 486 g/mol. The van der Waals surface area contributed by atoms with Gasteiger partial charge in [0.25, 0.3) is 0 Å². The third-order valence-electron chi connectivity index (χ3n) is 5.04. The first kappa shape index (κ1) is 15.5. The van der Waals surface area contributed by atoms with Crippen molar-refractivity contribution in [2.45, 2.75) is 22.4 Å². The van der Waals surface area contributed by atoms with Crippen molar-refractivity contribution in [2.75, 3.05) is 0 Å². The van der Waals surface area contributed by atoms with E-state index in [4.69, 9.17) is 8.58 Å². The van der Waals surface area contributed by atoms with Crippen LogP contribution in [0.15, 0.2) is 60.7 Å². The summed E-state index contributed by atoms with van der Waals surface area (Å²) < 4.78 is 2.90. The third-order valence-corrected chi connectivity index (χ3v) is 15.7. The summed E-state index contributed by atoms with van der Waals surface area (Å²) in [5, 5.41) is 0. The van der Waals surface area contributed by atoms with Crippen LogP contribution in [0.4, 0.5) is 0 Å². The molecule has 0 amide bonds. The van der Waals surface area contributed by atoms with Gasteiger partial charge < -0.3 is 0 Å². The minimum atomic E-state index is -2.28. The van der Waals surface area contributed by atoms with Crippen LogP contribution in [0, 0.1) is 0 Å². The number of hydrogen-bond donors (Lipinski definition) is 0. The fourth-order valence-electron chi connectivity index (χ4n) is 3.94. The van der Waals surface area contributed by atoms with Gasteiger partial charge in [0.15, 0.2) is 0 Å². The summed E-state index contributed by atoms with van der Waals surface area (Å²) in [6.07, 6.45) is 9.34. The molecule has 0 nitrogen and oxygen atoms in total. The molecule has 4 rings (SSSR count). The molecule has 114 valence electrons. The van der Waals surface area contributed by atoms with Crippen molar-refractivity contribution in [2.24, 2.45) is 0 Å². The third kappa shape index (κ3) is 2.68. The second kappa shape index (κ2) is 6.45. The number of hydrogen-bond acceptors (Lipinski definition) is 0. The van der Waals surface area contributed by atoms with Crippen LogP contribution >= 0.6 is 8.58 Å². The molecule has 2 heteroatoms. The van der Waals surface area contributed by atoms with Crippen molar-refractivity contribution in [3.8, 4) is 0 Å². The molecular weight excluding hydrogens is 466 g/mol. The number of fused-ring (bicyclic) bond motifs is 2. The zero-order valence-electron chi connectivity index (χ0n) is 13.1. The molecule has 0 fully saturated rings. The topological polar surface area (TPSA) is 0 Å². The zero-order chi connectivity index (χ0) is 15.8. The number of rotatable bonds is 3. The average Bonchev–Trinajstić information content (AvgIpc) is 3.20. The van der Waals surface area contributed by atoms with Crippen LogP contribution in [0.1, 0.15) is 41.0 Å². The van der Waals surface area contributed by atoms with Gasteiger partial charge in [-0.3, -0.25) is 0 Å². The maximum absolute atomic E-state index is 7.01. The van der Waals surface area contributed by atoms with E-state index in [9.17, 15) is 0 Å². The molecule has 2 atom stereocenters. The van der Waals surface area contributed by atoms with Crippen LogP contribution in [-0.2, 0) is 19.8 Å². The Bertz CT molecular complexity index is 770. The van der Waals surface area contributed by atoms with Gasteiger partial charge in [-0.25, -0.2) is 0 Å². The summed E-state index contributed by atoms with van der Waals surface area (Å²) >= 11 is -2.28. The van der Waals surface area contributed by atoms with Crippen molar-refractivity contribution in [1.29, 1.82) is 0 Å². The standard InChI is InChI=1S/C19H15.C2H4.ClH.Hf/c1-3-7-18-14(5-1)9-11-16(18)13-17-12-10-15-6-2-4-8-19(15)17;1-2;;/h1-13,16-17H;1H,2H3;1H;/q;;;+1/p-1. The summed E-state index contributed by atoms with van der Waals surface area (Å²) in [5.74, 6) is 0.922. The molecule has 0 saturated heterocycles. The van der Waals surface area contributed by atoms with Gasteiger partial charge in [0.2, 0.25) is 0 Å². The van der Waals surface area contributed by atoms with Crippen LogP contribution < -0.4 is 0 Å². The first-order valence-corrected chi connectivity index (χ1v) is 16.8. The van der Waals surface area contributed by atoms with Gasteiger partial charge in [-0.2, -0.15) is 0 Å². The van der Waals surface area contributed by atoms with E-state index in [1.807, 2.05) is 0 Å². The molecular formula is C21H19ClHf. The molecule has 0 aliphatic heterocycles. The van der Waals surface area contributed by atoms with Gasteiger partial charge in [-0.15, -0.1) is 0 Å². The molecule has 0 saturated carbocycles. The molecule has 23 heavy (non-hydrogen) atoms. The van der Waals surface area contributed by atoms with Gasteiger partial charge in [-0.1, -0.05) is 0 Å². The van der Waals surface area contributed by atoms with E-state index in [-0.39, 0.29) is 0 Å². The minimum absolute atomic E-state index is 0.461. The molecule has 0 heterocycles. The Kier molecular flexibility index (Phi) is 4.34. The molecule has 0 aromatic heterocycles. The van der Waals surface area contributed by atoms with E-state index < -0.39 is 19.8 Å². The molecule has 2 unspecified atom stereocenters. The van der Waals surface area contributed by atoms with E-state index >= 15 is 0 Å². The van der Waals surface area contributed by atoms with Crippen LogP contribution in [-0.4, -0.2) is 3.76 Å². The van der Waals surface area contributed by atoms with Crippen molar-refractivity contribution in [3.05, 3.63) is 82.9 Å². The average molecular weight is 485 g/mol. The Balaban J connectivity index is 1.80. The van der Waals surface area contributed by atoms with E-state index in [0.717, 1.165) is 0 Å². The zero-order valence-corrected chi connectivity index (χ0v) is 17.5. The molecule has 0 spiro atoms. The second-order valence-corrected chi connectivity index (χ2v) is 17.0. The van der Waals surface area contributed by atoms with Gasteiger partial charge in [-0.05, 0) is 0 Å². The Morgan fingerprint density at radius 3 is 1.83 bits per heavy atom. The van der Waals surface area contributed by atoms with Crippen LogP contribution in [0.3, 0.4) is 0 Å². The Morgan fingerprint density at radius 2 is 1.35 bits per heavy atom. The molecule has 0 N–H and O–H groups in total. The summed E-state index contributed by atoms with van der Waals surface area (Å²) in [7, 11) is 7.01. The number of benzene rings is 2. The van der Waals surface area contributed by atoms with E-state index in [0.29, 0.717) is 15.5 Å². The fourth-order valence-corrected chi connectivity index (χ4v) is 12.1. The molecule has 2 aromatic carbocycles. The number of allylic oxidation sites excluding steroid dienone is 2. The van der Waals surface area contributed by atoms with Crippen LogP contribution in [0.2, 0.25) is 3.67 Å². The SMILES string of the molecule is C[CH]=[Hf]([Cl])[CH](C1C=Cc2ccccc21)C1C=Cc2ccccc21. The van der Waals surface area contributed by atoms with Gasteiger partial charge in [0, 0.05) is 0 Å². The maximum atomic E-state index is 7.01. The van der Waals surface area contributed by atoms with Gasteiger partial charge in [0.05, 0.1) is 0 Å². The van der Waals surface area contributed by atoms with Crippen molar-refractivity contribution in [3.63, 3.8) is 0 Å². The van der Waals surface area contributed by atoms with Gasteiger partial charge in [0.1, 0.15) is 0 Å². The second-order valence-electron chi connectivity index (χ2n) is 6.23. The Labute approximate surface area is 149 Å². The fraction of sp³-hybridized carbons (Fsp3) is 0.190. The molecule has 2 aliphatic carbocycles. The predicted molar refractivity (Wildman–Crippen MR) is 97.8 cm³/mol. The van der Waals surface area contributed by atoms with Crippen molar-refractivity contribution < 1.29 is 19.8 Å². The van der Waals surface area contributed by atoms with E-state index in [1.165, 1.54) is 22.3 Å². The molecule has 0 bridgehead atoms. The van der Waals surface area contributed by atoms with Gasteiger partial charge >= 0.3 is 150 Å².